The Morgan fingerprint density at radius 2 is 2.18 bits per heavy atom. The summed E-state index contributed by atoms with van der Waals surface area (Å²) in [5, 5.41) is 14.1. The van der Waals surface area contributed by atoms with E-state index in [0.29, 0.717) is 17.6 Å². The van der Waals surface area contributed by atoms with Crippen molar-refractivity contribution in [2.45, 2.75) is 38.8 Å². The zero-order valence-electron chi connectivity index (χ0n) is 12.8. The molecule has 118 valence electrons. The zero-order chi connectivity index (χ0) is 15.5. The van der Waals surface area contributed by atoms with Crippen LogP contribution >= 0.6 is 0 Å². The van der Waals surface area contributed by atoms with Gasteiger partial charge in [-0.15, -0.1) is 0 Å². The van der Waals surface area contributed by atoms with E-state index < -0.39 is 0 Å². The Balaban J connectivity index is 1.92. The Morgan fingerprint density at radius 3 is 2.91 bits per heavy atom. The Morgan fingerprint density at radius 1 is 1.41 bits per heavy atom. The van der Waals surface area contributed by atoms with Crippen LogP contribution in [0.1, 0.15) is 37.2 Å². The van der Waals surface area contributed by atoms with Crippen molar-refractivity contribution in [3.63, 3.8) is 0 Å². The number of fused-ring (bicyclic) bond motifs is 1. The lowest BCUT2D eigenvalue weighted by atomic mass is 10.1. The average molecular weight is 303 g/mol. The van der Waals surface area contributed by atoms with Gasteiger partial charge in [0.15, 0.2) is 5.69 Å². The SMILES string of the molecule is CC(C)NC(=O)c1n[nH]c2ccnc(NC3CCOCC3)c12. The predicted octanol–water partition coefficient (Wildman–Crippen LogP) is 1.69. The van der Waals surface area contributed by atoms with Crippen LogP contribution in [0.2, 0.25) is 0 Å². The van der Waals surface area contributed by atoms with Crippen molar-refractivity contribution in [3.8, 4) is 0 Å². The van der Waals surface area contributed by atoms with Gasteiger partial charge < -0.3 is 15.4 Å². The van der Waals surface area contributed by atoms with Crippen LogP contribution in [0.3, 0.4) is 0 Å². The summed E-state index contributed by atoms with van der Waals surface area (Å²) in [5.74, 6) is 0.510. The number of hydrogen-bond donors (Lipinski definition) is 3. The van der Waals surface area contributed by atoms with Crippen LogP contribution in [0.5, 0.6) is 0 Å². The molecule has 3 rings (SSSR count). The van der Waals surface area contributed by atoms with Gasteiger partial charge in [-0.3, -0.25) is 9.89 Å². The molecule has 0 atom stereocenters. The van der Waals surface area contributed by atoms with Gasteiger partial charge >= 0.3 is 0 Å². The summed E-state index contributed by atoms with van der Waals surface area (Å²) in [7, 11) is 0. The van der Waals surface area contributed by atoms with E-state index in [9.17, 15) is 4.79 Å². The van der Waals surface area contributed by atoms with E-state index in [-0.39, 0.29) is 11.9 Å². The minimum absolute atomic E-state index is 0.0582. The van der Waals surface area contributed by atoms with Crippen LogP contribution in [0.15, 0.2) is 12.3 Å². The van der Waals surface area contributed by atoms with Crippen LogP contribution in [0, 0.1) is 0 Å². The normalized spacial score (nSPS) is 16.1. The number of aromatic amines is 1. The van der Waals surface area contributed by atoms with Gasteiger partial charge in [-0.05, 0) is 32.8 Å². The lowest BCUT2D eigenvalue weighted by Gasteiger charge is -2.23. The van der Waals surface area contributed by atoms with Crippen molar-refractivity contribution in [1.82, 2.24) is 20.5 Å². The molecule has 7 nitrogen and oxygen atoms in total. The van der Waals surface area contributed by atoms with Gasteiger partial charge in [0.2, 0.25) is 0 Å². The molecule has 7 heteroatoms. The molecular weight excluding hydrogens is 282 g/mol. The molecule has 3 heterocycles. The maximum Gasteiger partial charge on any atom is 0.272 e. The monoisotopic (exact) mass is 303 g/mol. The molecule has 1 saturated heterocycles. The summed E-state index contributed by atoms with van der Waals surface area (Å²) in [6.07, 6.45) is 3.58. The molecule has 1 aliphatic heterocycles. The van der Waals surface area contributed by atoms with Crippen LogP contribution in [0.25, 0.3) is 10.9 Å². The molecule has 2 aromatic heterocycles. The second-order valence-electron chi connectivity index (χ2n) is 5.81. The fourth-order valence-corrected chi connectivity index (χ4v) is 2.61. The topological polar surface area (TPSA) is 91.9 Å². The first kappa shape index (κ1) is 14.8. The van der Waals surface area contributed by atoms with Crippen LogP contribution in [-0.4, -0.2) is 46.4 Å². The van der Waals surface area contributed by atoms with E-state index in [4.69, 9.17) is 4.74 Å². The molecule has 0 radical (unpaired) electrons. The lowest BCUT2D eigenvalue weighted by molar-refractivity contribution is 0.0903. The number of ether oxygens (including phenoxy) is 1. The van der Waals surface area contributed by atoms with Crippen molar-refractivity contribution in [2.24, 2.45) is 0 Å². The summed E-state index contributed by atoms with van der Waals surface area (Å²) in [4.78, 5) is 16.7. The highest BCUT2D eigenvalue weighted by Gasteiger charge is 2.21. The van der Waals surface area contributed by atoms with Gasteiger partial charge in [-0.25, -0.2) is 4.98 Å². The minimum Gasteiger partial charge on any atom is -0.381 e. The quantitative estimate of drug-likeness (QED) is 0.799. The highest BCUT2D eigenvalue weighted by molar-refractivity contribution is 6.08. The fraction of sp³-hybridized carbons (Fsp3) is 0.533. The Kier molecular flexibility index (Phi) is 4.24. The zero-order valence-corrected chi connectivity index (χ0v) is 12.8. The van der Waals surface area contributed by atoms with E-state index in [1.54, 1.807) is 6.20 Å². The smallest absolute Gasteiger partial charge is 0.272 e. The summed E-state index contributed by atoms with van der Waals surface area (Å²) in [5.41, 5.74) is 1.19. The molecule has 0 spiro atoms. The van der Waals surface area contributed by atoms with Crippen molar-refractivity contribution in [2.75, 3.05) is 18.5 Å². The molecule has 22 heavy (non-hydrogen) atoms. The van der Waals surface area contributed by atoms with Crippen LogP contribution in [0.4, 0.5) is 5.82 Å². The maximum atomic E-state index is 12.3. The van der Waals surface area contributed by atoms with Crippen LogP contribution < -0.4 is 10.6 Å². The number of hydrogen-bond acceptors (Lipinski definition) is 5. The van der Waals surface area contributed by atoms with Crippen molar-refractivity contribution in [3.05, 3.63) is 18.0 Å². The standard InChI is InChI=1S/C15H21N5O2/c1-9(2)17-15(21)13-12-11(19-20-13)3-6-16-14(12)18-10-4-7-22-8-5-10/h3,6,9-10H,4-5,7-8H2,1-2H3,(H,16,18)(H,17,21)(H,19,20). The Labute approximate surface area is 128 Å². The molecule has 0 aromatic carbocycles. The first-order chi connectivity index (χ1) is 10.6. The number of nitrogens with zero attached hydrogens (tertiary/aromatic N) is 2. The minimum atomic E-state index is -0.190. The Hall–Kier alpha value is -2.15. The largest absolute Gasteiger partial charge is 0.381 e. The molecule has 3 N–H and O–H groups in total. The molecule has 1 amide bonds. The van der Waals surface area contributed by atoms with Gasteiger partial charge in [-0.1, -0.05) is 0 Å². The summed E-state index contributed by atoms with van der Waals surface area (Å²) >= 11 is 0. The van der Waals surface area contributed by atoms with Gasteiger partial charge in [0.1, 0.15) is 5.82 Å². The van der Waals surface area contributed by atoms with Crippen molar-refractivity contribution >= 4 is 22.6 Å². The molecule has 1 fully saturated rings. The first-order valence-electron chi connectivity index (χ1n) is 7.63. The van der Waals surface area contributed by atoms with E-state index in [1.165, 1.54) is 0 Å². The number of rotatable bonds is 4. The number of anilines is 1. The molecular formula is C15H21N5O2. The molecule has 0 aliphatic carbocycles. The van der Waals surface area contributed by atoms with E-state index in [1.807, 2.05) is 19.9 Å². The van der Waals surface area contributed by atoms with E-state index in [0.717, 1.165) is 37.0 Å². The number of carbonyl (C=O) groups is 1. The Bertz CT molecular complexity index is 661. The van der Waals surface area contributed by atoms with Gasteiger partial charge in [0.25, 0.3) is 5.91 Å². The van der Waals surface area contributed by atoms with Crippen molar-refractivity contribution < 1.29 is 9.53 Å². The second kappa shape index (κ2) is 6.31. The predicted molar refractivity (Wildman–Crippen MR) is 84.0 cm³/mol. The number of pyridine rings is 1. The molecule has 0 unspecified atom stereocenters. The number of amides is 1. The van der Waals surface area contributed by atoms with Crippen LogP contribution in [-0.2, 0) is 4.74 Å². The third-order valence-electron chi connectivity index (χ3n) is 3.67. The molecule has 0 saturated carbocycles. The summed E-state index contributed by atoms with van der Waals surface area (Å²) in [6, 6.07) is 2.19. The number of nitrogens with one attached hydrogen (secondary N) is 3. The highest BCUT2D eigenvalue weighted by Crippen LogP contribution is 2.25. The third-order valence-corrected chi connectivity index (χ3v) is 3.67. The maximum absolute atomic E-state index is 12.3. The molecule has 2 aromatic rings. The van der Waals surface area contributed by atoms with Gasteiger partial charge in [0, 0.05) is 31.5 Å². The number of aromatic nitrogens is 3. The van der Waals surface area contributed by atoms with Gasteiger partial charge in [0.05, 0.1) is 10.9 Å². The third kappa shape index (κ3) is 3.04. The lowest BCUT2D eigenvalue weighted by Crippen LogP contribution is -2.31. The number of carbonyl (C=O) groups excluding carboxylic acids is 1. The second-order valence-corrected chi connectivity index (χ2v) is 5.81. The van der Waals surface area contributed by atoms with E-state index in [2.05, 4.69) is 25.8 Å². The molecule has 0 bridgehead atoms. The summed E-state index contributed by atoms with van der Waals surface area (Å²) < 4.78 is 5.37. The fourth-order valence-electron chi connectivity index (χ4n) is 2.61. The van der Waals surface area contributed by atoms with Gasteiger partial charge in [-0.2, -0.15) is 5.10 Å². The highest BCUT2D eigenvalue weighted by atomic mass is 16.5. The van der Waals surface area contributed by atoms with Crippen molar-refractivity contribution in [1.29, 1.82) is 0 Å². The average Bonchev–Trinajstić information content (AvgIpc) is 2.93. The molecule has 1 aliphatic rings. The number of H-pyrrole nitrogens is 1. The first-order valence-corrected chi connectivity index (χ1v) is 7.63. The van der Waals surface area contributed by atoms with E-state index >= 15 is 0 Å². The summed E-state index contributed by atoms with van der Waals surface area (Å²) in [6.45, 7) is 5.35.